The van der Waals surface area contributed by atoms with E-state index >= 15 is 0 Å². The lowest BCUT2D eigenvalue weighted by molar-refractivity contribution is 0.0914. The summed E-state index contributed by atoms with van der Waals surface area (Å²) < 4.78 is 0.481. The van der Waals surface area contributed by atoms with Crippen LogP contribution < -0.4 is 5.32 Å². The maximum absolute atomic E-state index is 12.5. The van der Waals surface area contributed by atoms with Crippen LogP contribution in [0.3, 0.4) is 0 Å². The Morgan fingerprint density at radius 1 is 1.42 bits per heavy atom. The number of likely N-dealkylation sites (tertiary alicyclic amines) is 1. The van der Waals surface area contributed by atoms with E-state index in [9.17, 15) is 4.79 Å². The molecule has 3 rings (SSSR count). The Bertz CT molecular complexity index is 718. The third-order valence-electron chi connectivity index (χ3n) is 4.65. The number of hydrogen-bond acceptors (Lipinski definition) is 4. The molecule has 128 valence electrons. The standard InChI is InChI=1S/C18H23N3OS2/c1-13-6-9-21(10-7-13)15(16-5-3-11-24-16)12-20-17(22)14-4-2-8-19-18(14)23/h2-5,8,11,13,15H,6-7,9-10,12H2,1H3,(H,19,23)(H,20,22). The molecule has 4 nitrogen and oxygen atoms in total. The first-order chi connectivity index (χ1) is 11.6. The molecule has 0 saturated carbocycles. The predicted molar refractivity (Wildman–Crippen MR) is 101 cm³/mol. The van der Waals surface area contributed by atoms with Gasteiger partial charge < -0.3 is 10.3 Å². The number of thiophene rings is 1. The summed E-state index contributed by atoms with van der Waals surface area (Å²) in [6, 6.07) is 8.04. The molecule has 0 spiro atoms. The van der Waals surface area contributed by atoms with Gasteiger partial charge in [-0.05, 0) is 55.4 Å². The molecule has 6 heteroatoms. The minimum absolute atomic E-state index is 0.108. The Balaban J connectivity index is 1.70. The molecule has 2 aromatic rings. The van der Waals surface area contributed by atoms with Crippen LogP contribution in [0, 0.1) is 10.6 Å². The van der Waals surface area contributed by atoms with Crippen molar-refractivity contribution in [3.63, 3.8) is 0 Å². The van der Waals surface area contributed by atoms with Gasteiger partial charge >= 0.3 is 0 Å². The van der Waals surface area contributed by atoms with Gasteiger partial charge in [0.05, 0.1) is 11.6 Å². The number of amides is 1. The van der Waals surface area contributed by atoms with Gasteiger partial charge in [-0.15, -0.1) is 11.3 Å². The van der Waals surface area contributed by atoms with E-state index in [0.717, 1.165) is 19.0 Å². The summed E-state index contributed by atoms with van der Waals surface area (Å²) in [5, 5.41) is 5.18. The van der Waals surface area contributed by atoms with Gasteiger partial charge in [0.15, 0.2) is 0 Å². The Morgan fingerprint density at radius 2 is 2.21 bits per heavy atom. The van der Waals surface area contributed by atoms with Crippen molar-refractivity contribution in [2.24, 2.45) is 5.92 Å². The van der Waals surface area contributed by atoms with E-state index < -0.39 is 0 Å². The molecular weight excluding hydrogens is 338 g/mol. The zero-order valence-electron chi connectivity index (χ0n) is 13.8. The molecule has 1 unspecified atom stereocenters. The first-order valence-electron chi connectivity index (χ1n) is 8.38. The van der Waals surface area contributed by atoms with Crippen molar-refractivity contribution in [1.29, 1.82) is 0 Å². The molecule has 24 heavy (non-hydrogen) atoms. The Hall–Kier alpha value is -1.50. The molecule has 0 aromatic carbocycles. The van der Waals surface area contributed by atoms with Crippen molar-refractivity contribution in [2.45, 2.75) is 25.8 Å². The molecule has 2 N–H and O–H groups in total. The first kappa shape index (κ1) is 17.3. The quantitative estimate of drug-likeness (QED) is 0.791. The summed E-state index contributed by atoms with van der Waals surface area (Å²) in [5.74, 6) is 0.686. The number of carbonyl (C=O) groups excluding carboxylic acids is 1. The van der Waals surface area contributed by atoms with Gasteiger partial charge in [0, 0.05) is 17.6 Å². The van der Waals surface area contributed by atoms with Crippen LogP contribution in [0.2, 0.25) is 0 Å². The van der Waals surface area contributed by atoms with Crippen LogP contribution in [-0.2, 0) is 0 Å². The lowest BCUT2D eigenvalue weighted by Gasteiger charge is -2.36. The molecular formula is C18H23N3OS2. The highest BCUT2D eigenvalue weighted by atomic mass is 32.1. The van der Waals surface area contributed by atoms with Gasteiger partial charge in [-0.25, -0.2) is 0 Å². The van der Waals surface area contributed by atoms with Crippen molar-refractivity contribution in [1.82, 2.24) is 15.2 Å². The van der Waals surface area contributed by atoms with E-state index in [2.05, 4.69) is 39.6 Å². The lowest BCUT2D eigenvalue weighted by atomic mass is 9.97. The summed E-state index contributed by atoms with van der Waals surface area (Å²) in [6.45, 7) is 5.10. The lowest BCUT2D eigenvalue weighted by Crippen LogP contribution is -2.41. The molecule has 1 fully saturated rings. The number of nitrogens with one attached hydrogen (secondary N) is 2. The number of piperidine rings is 1. The normalized spacial score (nSPS) is 17.5. The fourth-order valence-corrected chi connectivity index (χ4v) is 4.21. The van der Waals surface area contributed by atoms with Crippen LogP contribution in [0.1, 0.15) is 41.0 Å². The van der Waals surface area contributed by atoms with E-state index in [-0.39, 0.29) is 11.9 Å². The van der Waals surface area contributed by atoms with Crippen LogP contribution in [0.25, 0.3) is 0 Å². The number of rotatable bonds is 5. The topological polar surface area (TPSA) is 48.1 Å². The Kier molecular flexibility index (Phi) is 5.81. The summed E-state index contributed by atoms with van der Waals surface area (Å²) in [5.41, 5.74) is 0.532. The summed E-state index contributed by atoms with van der Waals surface area (Å²) in [6.07, 6.45) is 4.18. The van der Waals surface area contributed by atoms with E-state index in [1.165, 1.54) is 17.7 Å². The van der Waals surface area contributed by atoms with Crippen LogP contribution in [0.15, 0.2) is 35.8 Å². The van der Waals surface area contributed by atoms with Crippen LogP contribution in [0.4, 0.5) is 0 Å². The predicted octanol–water partition coefficient (Wildman–Crippen LogP) is 4.01. The zero-order chi connectivity index (χ0) is 16.9. The number of pyridine rings is 1. The van der Waals surface area contributed by atoms with Crippen molar-refractivity contribution >= 4 is 29.5 Å². The molecule has 1 aliphatic rings. The van der Waals surface area contributed by atoms with Gasteiger partial charge in [0.25, 0.3) is 5.91 Å². The fraction of sp³-hybridized carbons (Fsp3) is 0.444. The summed E-state index contributed by atoms with van der Waals surface area (Å²) in [4.78, 5) is 19.2. The number of aromatic nitrogens is 1. The fourth-order valence-electron chi connectivity index (χ4n) is 3.12. The highest BCUT2D eigenvalue weighted by molar-refractivity contribution is 7.71. The maximum Gasteiger partial charge on any atom is 0.254 e. The van der Waals surface area contributed by atoms with E-state index in [0.29, 0.717) is 16.7 Å². The van der Waals surface area contributed by atoms with Gasteiger partial charge in [-0.1, -0.05) is 25.2 Å². The molecule has 0 radical (unpaired) electrons. The second kappa shape index (κ2) is 8.05. The number of carbonyl (C=O) groups is 1. The monoisotopic (exact) mass is 361 g/mol. The Labute approximate surface area is 151 Å². The van der Waals surface area contributed by atoms with Gasteiger partial charge in [-0.3, -0.25) is 9.69 Å². The van der Waals surface area contributed by atoms with Crippen LogP contribution in [0.5, 0.6) is 0 Å². The van der Waals surface area contributed by atoms with E-state index in [1.54, 1.807) is 29.7 Å². The van der Waals surface area contributed by atoms with Gasteiger partial charge in [0.2, 0.25) is 0 Å². The van der Waals surface area contributed by atoms with Crippen molar-refractivity contribution in [3.8, 4) is 0 Å². The average Bonchev–Trinajstić information content (AvgIpc) is 3.11. The molecule has 1 saturated heterocycles. The molecule has 1 atom stereocenters. The van der Waals surface area contributed by atoms with Crippen molar-refractivity contribution in [3.05, 3.63) is 50.9 Å². The smallest absolute Gasteiger partial charge is 0.254 e. The largest absolute Gasteiger partial charge is 0.352 e. The van der Waals surface area contributed by atoms with Crippen molar-refractivity contribution < 1.29 is 4.79 Å². The molecule has 2 aromatic heterocycles. The molecule has 0 aliphatic carbocycles. The van der Waals surface area contributed by atoms with Gasteiger partial charge in [0.1, 0.15) is 4.64 Å². The first-order valence-corrected chi connectivity index (χ1v) is 9.67. The minimum Gasteiger partial charge on any atom is -0.352 e. The summed E-state index contributed by atoms with van der Waals surface area (Å²) >= 11 is 6.96. The SMILES string of the molecule is CC1CCN(C(CNC(=O)c2ccc[nH]c2=S)c2cccs2)CC1. The molecule has 1 amide bonds. The maximum atomic E-state index is 12.5. The number of aromatic amines is 1. The van der Waals surface area contributed by atoms with Crippen molar-refractivity contribution in [2.75, 3.05) is 19.6 Å². The zero-order valence-corrected chi connectivity index (χ0v) is 15.5. The second-order valence-corrected chi connectivity index (χ2v) is 7.76. The highest BCUT2D eigenvalue weighted by Crippen LogP contribution is 2.29. The third kappa shape index (κ3) is 4.12. The molecule has 0 bridgehead atoms. The average molecular weight is 362 g/mol. The number of nitrogens with zero attached hydrogens (tertiary/aromatic N) is 1. The Morgan fingerprint density at radius 3 is 2.88 bits per heavy atom. The van der Waals surface area contributed by atoms with Gasteiger partial charge in [-0.2, -0.15) is 0 Å². The second-order valence-electron chi connectivity index (χ2n) is 6.37. The third-order valence-corrected chi connectivity index (χ3v) is 5.96. The number of hydrogen-bond donors (Lipinski definition) is 2. The van der Waals surface area contributed by atoms with E-state index in [4.69, 9.17) is 12.2 Å². The highest BCUT2D eigenvalue weighted by Gasteiger charge is 2.25. The van der Waals surface area contributed by atoms with Crippen LogP contribution in [-0.4, -0.2) is 35.4 Å². The van der Waals surface area contributed by atoms with Crippen LogP contribution >= 0.6 is 23.6 Å². The number of H-pyrrole nitrogens is 1. The van der Waals surface area contributed by atoms with E-state index in [1.807, 2.05) is 0 Å². The summed E-state index contributed by atoms with van der Waals surface area (Å²) in [7, 11) is 0. The minimum atomic E-state index is -0.108. The molecule has 3 heterocycles. The molecule has 1 aliphatic heterocycles.